The molecule has 1 atom stereocenters. The quantitative estimate of drug-likeness (QED) is 0.506. The minimum atomic E-state index is -0.294. The van der Waals surface area contributed by atoms with E-state index in [1.165, 1.54) is 11.8 Å². The number of hydrogen-bond donors (Lipinski definition) is 1. The van der Waals surface area contributed by atoms with Gasteiger partial charge >= 0.3 is 0 Å². The summed E-state index contributed by atoms with van der Waals surface area (Å²) >= 11 is 1.34. The first kappa shape index (κ1) is 20.8. The molecule has 0 saturated carbocycles. The first-order valence-electron chi connectivity index (χ1n) is 9.26. The van der Waals surface area contributed by atoms with Crippen molar-refractivity contribution >= 4 is 17.7 Å². The fraction of sp³-hybridized carbons (Fsp3) is 0.350. The third kappa shape index (κ3) is 5.54. The van der Waals surface area contributed by atoms with Crippen LogP contribution >= 0.6 is 11.8 Å². The van der Waals surface area contributed by atoms with Crippen LogP contribution in [0.2, 0.25) is 0 Å². The van der Waals surface area contributed by atoms with Gasteiger partial charge in [0, 0.05) is 6.54 Å². The molecule has 2 heterocycles. The SMILES string of the molecule is CCn1c(SCC(=O)NCc2ccco2)nnc1C(C)Oc1ccc(OC)cc1. The summed E-state index contributed by atoms with van der Waals surface area (Å²) in [5.74, 6) is 3.06. The van der Waals surface area contributed by atoms with Crippen LogP contribution < -0.4 is 14.8 Å². The molecule has 0 radical (unpaired) electrons. The van der Waals surface area contributed by atoms with E-state index in [2.05, 4.69) is 15.5 Å². The van der Waals surface area contributed by atoms with Crippen LogP contribution in [-0.4, -0.2) is 33.5 Å². The molecule has 8 nitrogen and oxygen atoms in total. The van der Waals surface area contributed by atoms with Crippen LogP contribution in [-0.2, 0) is 17.9 Å². The standard InChI is InChI=1S/C20H24N4O4S/c1-4-24-19(14(2)28-16-9-7-15(26-3)8-10-16)22-23-20(24)29-13-18(25)21-12-17-6-5-11-27-17/h5-11,14H,4,12-13H2,1-3H3,(H,21,25). The van der Waals surface area contributed by atoms with E-state index in [0.29, 0.717) is 29.8 Å². The normalized spacial score (nSPS) is 11.8. The van der Waals surface area contributed by atoms with Crippen molar-refractivity contribution < 1.29 is 18.7 Å². The number of furan rings is 1. The van der Waals surface area contributed by atoms with Gasteiger partial charge in [-0.25, -0.2) is 0 Å². The largest absolute Gasteiger partial charge is 0.497 e. The molecule has 1 N–H and O–H groups in total. The Morgan fingerprint density at radius 1 is 1.24 bits per heavy atom. The Bertz CT molecular complexity index is 909. The molecule has 1 aromatic carbocycles. The summed E-state index contributed by atoms with van der Waals surface area (Å²) in [6.45, 7) is 4.97. The maximum Gasteiger partial charge on any atom is 0.230 e. The molecule has 3 rings (SSSR count). The van der Waals surface area contributed by atoms with Crippen molar-refractivity contribution in [1.29, 1.82) is 0 Å². The van der Waals surface area contributed by atoms with Crippen LogP contribution in [0.4, 0.5) is 0 Å². The van der Waals surface area contributed by atoms with Crippen molar-refractivity contribution in [3.05, 3.63) is 54.2 Å². The van der Waals surface area contributed by atoms with Gasteiger partial charge < -0.3 is 23.8 Å². The molecule has 0 fully saturated rings. The molecule has 0 aliphatic heterocycles. The second kappa shape index (κ2) is 10.0. The highest BCUT2D eigenvalue weighted by Crippen LogP contribution is 2.25. The number of nitrogens with one attached hydrogen (secondary N) is 1. The minimum Gasteiger partial charge on any atom is -0.497 e. The van der Waals surface area contributed by atoms with Crippen LogP contribution in [0.25, 0.3) is 0 Å². The Hall–Kier alpha value is -2.94. The van der Waals surface area contributed by atoms with Crippen LogP contribution in [0, 0.1) is 0 Å². The zero-order valence-corrected chi connectivity index (χ0v) is 17.4. The third-order valence-corrected chi connectivity index (χ3v) is 5.14. The molecule has 1 unspecified atom stereocenters. The minimum absolute atomic E-state index is 0.0962. The highest BCUT2D eigenvalue weighted by molar-refractivity contribution is 7.99. The van der Waals surface area contributed by atoms with E-state index >= 15 is 0 Å². The Balaban J connectivity index is 1.57. The maximum absolute atomic E-state index is 12.1. The zero-order valence-electron chi connectivity index (χ0n) is 16.6. The number of carbonyl (C=O) groups is 1. The van der Waals surface area contributed by atoms with E-state index in [1.807, 2.05) is 48.7 Å². The van der Waals surface area contributed by atoms with E-state index < -0.39 is 0 Å². The average molecular weight is 417 g/mol. The van der Waals surface area contributed by atoms with E-state index in [0.717, 1.165) is 11.5 Å². The summed E-state index contributed by atoms with van der Waals surface area (Å²) < 4.78 is 18.3. The molecule has 2 aromatic heterocycles. The summed E-state index contributed by atoms with van der Waals surface area (Å²) in [5, 5.41) is 12.0. The van der Waals surface area contributed by atoms with Crippen molar-refractivity contribution in [2.75, 3.05) is 12.9 Å². The van der Waals surface area contributed by atoms with Gasteiger partial charge in [-0.15, -0.1) is 10.2 Å². The van der Waals surface area contributed by atoms with E-state index in [9.17, 15) is 4.79 Å². The monoisotopic (exact) mass is 416 g/mol. The Labute approximate surface area is 173 Å². The van der Waals surface area contributed by atoms with E-state index in [4.69, 9.17) is 13.9 Å². The molecule has 3 aromatic rings. The summed E-state index contributed by atoms with van der Waals surface area (Å²) in [5.41, 5.74) is 0. The Kier molecular flexibility index (Phi) is 7.18. The van der Waals surface area contributed by atoms with Gasteiger partial charge in [0.25, 0.3) is 0 Å². The number of ether oxygens (including phenoxy) is 2. The Morgan fingerprint density at radius 2 is 2.00 bits per heavy atom. The molecule has 0 aliphatic carbocycles. The number of nitrogens with zero attached hydrogens (tertiary/aromatic N) is 3. The van der Waals surface area contributed by atoms with Gasteiger partial charge in [0.05, 0.1) is 25.7 Å². The topological polar surface area (TPSA) is 91.4 Å². The fourth-order valence-electron chi connectivity index (χ4n) is 2.70. The van der Waals surface area contributed by atoms with E-state index in [-0.39, 0.29) is 17.8 Å². The number of rotatable bonds is 10. The number of hydrogen-bond acceptors (Lipinski definition) is 7. The predicted octanol–water partition coefficient (Wildman–Crippen LogP) is 3.45. The molecule has 0 bridgehead atoms. The van der Waals surface area contributed by atoms with Gasteiger partial charge in [-0.3, -0.25) is 4.79 Å². The van der Waals surface area contributed by atoms with Crippen molar-refractivity contribution in [3.8, 4) is 11.5 Å². The van der Waals surface area contributed by atoms with Gasteiger partial charge in [0.15, 0.2) is 17.1 Å². The number of thioether (sulfide) groups is 1. The number of aromatic nitrogens is 3. The second-order valence-corrected chi connectivity index (χ2v) is 7.11. The molecule has 0 spiro atoms. The molecule has 154 valence electrons. The zero-order chi connectivity index (χ0) is 20.6. The third-order valence-electron chi connectivity index (χ3n) is 4.17. The lowest BCUT2D eigenvalue weighted by Crippen LogP contribution is -2.24. The van der Waals surface area contributed by atoms with Crippen molar-refractivity contribution in [2.45, 2.75) is 38.2 Å². The number of methoxy groups -OCH3 is 1. The van der Waals surface area contributed by atoms with Crippen molar-refractivity contribution in [2.24, 2.45) is 0 Å². The number of amides is 1. The van der Waals surface area contributed by atoms with Crippen molar-refractivity contribution in [1.82, 2.24) is 20.1 Å². The molecule has 29 heavy (non-hydrogen) atoms. The Morgan fingerprint density at radius 3 is 2.66 bits per heavy atom. The summed E-state index contributed by atoms with van der Waals surface area (Å²) in [7, 11) is 1.62. The first-order valence-corrected chi connectivity index (χ1v) is 10.2. The maximum atomic E-state index is 12.1. The van der Waals surface area contributed by atoms with Crippen LogP contribution in [0.3, 0.4) is 0 Å². The highest BCUT2D eigenvalue weighted by atomic mass is 32.2. The molecule has 0 aliphatic rings. The molecule has 9 heteroatoms. The van der Waals surface area contributed by atoms with Crippen LogP contribution in [0.5, 0.6) is 11.5 Å². The van der Waals surface area contributed by atoms with Gasteiger partial charge in [0.2, 0.25) is 5.91 Å². The van der Waals surface area contributed by atoms with E-state index in [1.54, 1.807) is 19.4 Å². The number of benzene rings is 1. The molecular weight excluding hydrogens is 392 g/mol. The van der Waals surface area contributed by atoms with Crippen molar-refractivity contribution in [3.63, 3.8) is 0 Å². The average Bonchev–Trinajstić information content (AvgIpc) is 3.40. The summed E-state index contributed by atoms with van der Waals surface area (Å²) in [4.78, 5) is 12.1. The smallest absolute Gasteiger partial charge is 0.230 e. The molecule has 0 saturated heterocycles. The lowest BCUT2D eigenvalue weighted by molar-refractivity contribution is -0.118. The van der Waals surface area contributed by atoms with Gasteiger partial charge in [0.1, 0.15) is 17.3 Å². The van der Waals surface area contributed by atoms with Gasteiger partial charge in [-0.05, 0) is 50.2 Å². The fourth-order valence-corrected chi connectivity index (χ4v) is 3.54. The molecular formula is C20H24N4O4S. The van der Waals surface area contributed by atoms with Gasteiger partial charge in [-0.1, -0.05) is 11.8 Å². The summed E-state index contributed by atoms with van der Waals surface area (Å²) in [6.07, 6.45) is 1.29. The number of carbonyl (C=O) groups excluding carboxylic acids is 1. The molecule has 1 amide bonds. The van der Waals surface area contributed by atoms with Crippen LogP contribution in [0.15, 0.2) is 52.2 Å². The second-order valence-electron chi connectivity index (χ2n) is 6.17. The lowest BCUT2D eigenvalue weighted by atomic mass is 10.3. The first-order chi connectivity index (χ1) is 14.1. The highest BCUT2D eigenvalue weighted by Gasteiger charge is 2.19. The lowest BCUT2D eigenvalue weighted by Gasteiger charge is -2.15. The predicted molar refractivity (Wildman–Crippen MR) is 109 cm³/mol. The summed E-state index contributed by atoms with van der Waals surface area (Å²) in [6, 6.07) is 11.0. The van der Waals surface area contributed by atoms with Crippen LogP contribution in [0.1, 0.15) is 31.5 Å². The van der Waals surface area contributed by atoms with Gasteiger partial charge in [-0.2, -0.15) is 0 Å².